The van der Waals surface area contributed by atoms with Gasteiger partial charge in [0.1, 0.15) is 6.61 Å². The highest BCUT2D eigenvalue weighted by atomic mass is 79.9. The number of halogens is 4. The number of hydrogen-bond acceptors (Lipinski definition) is 2. The fourth-order valence-electron chi connectivity index (χ4n) is 1.14. The molecule has 1 aromatic heterocycles. The zero-order valence-electron chi connectivity index (χ0n) is 8.68. The standard InChI is InChI=1S/C10H12Br2F2OS/c1-6-8(12)4-9(16-6)7(11)2-3-15-5-10(13)14/h4,7,10H,2-3,5H2,1H3. The van der Waals surface area contributed by atoms with Crippen molar-refractivity contribution in [3.05, 3.63) is 20.3 Å². The Morgan fingerprint density at radius 3 is 2.69 bits per heavy atom. The van der Waals surface area contributed by atoms with Gasteiger partial charge in [0.2, 0.25) is 0 Å². The van der Waals surface area contributed by atoms with E-state index in [4.69, 9.17) is 4.74 Å². The lowest BCUT2D eigenvalue weighted by Gasteiger charge is -2.07. The predicted octanol–water partition coefficient (Wildman–Crippen LogP) is 4.93. The summed E-state index contributed by atoms with van der Waals surface area (Å²) >= 11 is 8.66. The average molecular weight is 378 g/mol. The van der Waals surface area contributed by atoms with Gasteiger partial charge in [0.05, 0.1) is 4.83 Å². The van der Waals surface area contributed by atoms with E-state index < -0.39 is 13.0 Å². The first-order valence-electron chi connectivity index (χ1n) is 4.76. The average Bonchev–Trinajstić information content (AvgIpc) is 2.54. The topological polar surface area (TPSA) is 9.23 Å². The number of alkyl halides is 3. The van der Waals surface area contributed by atoms with E-state index in [1.54, 1.807) is 11.3 Å². The smallest absolute Gasteiger partial charge is 0.261 e. The lowest BCUT2D eigenvalue weighted by molar-refractivity contribution is 0.0168. The van der Waals surface area contributed by atoms with Crippen molar-refractivity contribution in [1.29, 1.82) is 0 Å². The van der Waals surface area contributed by atoms with Crippen LogP contribution in [-0.4, -0.2) is 19.6 Å². The summed E-state index contributed by atoms with van der Waals surface area (Å²) in [5.41, 5.74) is 0. The summed E-state index contributed by atoms with van der Waals surface area (Å²) in [6.07, 6.45) is -1.69. The van der Waals surface area contributed by atoms with Crippen molar-refractivity contribution in [3.63, 3.8) is 0 Å². The Hall–Kier alpha value is 0.480. The van der Waals surface area contributed by atoms with Crippen LogP contribution in [0.4, 0.5) is 8.78 Å². The Labute approximate surface area is 114 Å². The van der Waals surface area contributed by atoms with Gasteiger partial charge in [-0.15, -0.1) is 11.3 Å². The summed E-state index contributed by atoms with van der Waals surface area (Å²) < 4.78 is 29.5. The van der Waals surface area contributed by atoms with Crippen molar-refractivity contribution in [2.45, 2.75) is 24.6 Å². The van der Waals surface area contributed by atoms with Gasteiger partial charge in [0, 0.05) is 20.8 Å². The highest BCUT2D eigenvalue weighted by Crippen LogP contribution is 2.36. The summed E-state index contributed by atoms with van der Waals surface area (Å²) in [5.74, 6) is 0. The van der Waals surface area contributed by atoms with Crippen molar-refractivity contribution in [3.8, 4) is 0 Å². The molecule has 16 heavy (non-hydrogen) atoms. The lowest BCUT2D eigenvalue weighted by Crippen LogP contribution is -2.06. The van der Waals surface area contributed by atoms with Crippen LogP contribution in [0.15, 0.2) is 10.5 Å². The second-order valence-corrected chi connectivity index (χ2v) is 6.52. The Bertz CT molecular complexity index is 311. The van der Waals surface area contributed by atoms with Gasteiger partial charge in [-0.1, -0.05) is 15.9 Å². The summed E-state index contributed by atoms with van der Waals surface area (Å²) in [6.45, 7) is 1.90. The first-order valence-corrected chi connectivity index (χ1v) is 7.29. The van der Waals surface area contributed by atoms with Gasteiger partial charge >= 0.3 is 0 Å². The molecule has 1 rings (SSSR count). The highest BCUT2D eigenvalue weighted by molar-refractivity contribution is 9.10. The Morgan fingerprint density at radius 2 is 2.19 bits per heavy atom. The van der Waals surface area contributed by atoms with Crippen LogP contribution < -0.4 is 0 Å². The summed E-state index contributed by atoms with van der Waals surface area (Å²) in [4.78, 5) is 2.57. The summed E-state index contributed by atoms with van der Waals surface area (Å²) in [7, 11) is 0. The van der Waals surface area contributed by atoms with Crippen LogP contribution in [0.5, 0.6) is 0 Å². The Balaban J connectivity index is 2.32. The van der Waals surface area contributed by atoms with Crippen molar-refractivity contribution in [1.82, 2.24) is 0 Å². The Morgan fingerprint density at radius 1 is 1.50 bits per heavy atom. The largest absolute Gasteiger partial charge is 0.375 e. The maximum absolute atomic E-state index is 11.8. The van der Waals surface area contributed by atoms with Gasteiger partial charge in [-0.25, -0.2) is 8.78 Å². The van der Waals surface area contributed by atoms with Gasteiger partial charge in [-0.2, -0.15) is 0 Å². The number of thiophene rings is 1. The monoisotopic (exact) mass is 376 g/mol. The van der Waals surface area contributed by atoms with Crippen molar-refractivity contribution in [2.75, 3.05) is 13.2 Å². The van der Waals surface area contributed by atoms with E-state index in [-0.39, 0.29) is 4.83 Å². The molecule has 6 heteroatoms. The maximum atomic E-state index is 11.8. The lowest BCUT2D eigenvalue weighted by atomic mass is 10.3. The van der Waals surface area contributed by atoms with Crippen molar-refractivity contribution < 1.29 is 13.5 Å². The quantitative estimate of drug-likeness (QED) is 0.504. The molecular weight excluding hydrogens is 366 g/mol. The molecule has 1 unspecified atom stereocenters. The zero-order valence-corrected chi connectivity index (χ0v) is 12.7. The van der Waals surface area contributed by atoms with E-state index >= 15 is 0 Å². The van der Waals surface area contributed by atoms with Crippen molar-refractivity contribution in [2.24, 2.45) is 0 Å². The number of ether oxygens (including phenoxy) is 1. The molecule has 0 aromatic carbocycles. The molecule has 0 spiro atoms. The maximum Gasteiger partial charge on any atom is 0.261 e. The molecule has 0 aliphatic carbocycles. The number of hydrogen-bond donors (Lipinski definition) is 0. The molecule has 0 aliphatic rings. The van der Waals surface area contributed by atoms with Gasteiger partial charge in [0.15, 0.2) is 0 Å². The molecule has 0 saturated carbocycles. The molecule has 0 radical (unpaired) electrons. The van der Waals surface area contributed by atoms with Gasteiger partial charge in [0.25, 0.3) is 6.43 Å². The first kappa shape index (κ1) is 14.5. The van der Waals surface area contributed by atoms with Crippen LogP contribution in [-0.2, 0) is 4.74 Å². The van der Waals surface area contributed by atoms with Crippen LogP contribution in [0.2, 0.25) is 0 Å². The minimum Gasteiger partial charge on any atom is -0.375 e. The third-order valence-electron chi connectivity index (χ3n) is 1.94. The van der Waals surface area contributed by atoms with E-state index in [9.17, 15) is 8.78 Å². The van der Waals surface area contributed by atoms with Gasteiger partial charge in [-0.3, -0.25) is 0 Å². The molecule has 1 atom stereocenters. The molecule has 0 saturated heterocycles. The van der Waals surface area contributed by atoms with Crippen LogP contribution in [0.3, 0.4) is 0 Å². The first-order chi connectivity index (χ1) is 7.50. The number of aryl methyl sites for hydroxylation is 1. The van der Waals surface area contributed by atoms with Crippen LogP contribution in [0.25, 0.3) is 0 Å². The van der Waals surface area contributed by atoms with Gasteiger partial charge in [-0.05, 0) is 35.3 Å². The molecule has 1 nitrogen and oxygen atoms in total. The molecule has 1 aromatic rings. The molecule has 0 bridgehead atoms. The molecule has 0 amide bonds. The van der Waals surface area contributed by atoms with E-state index in [2.05, 4.69) is 31.9 Å². The van der Waals surface area contributed by atoms with E-state index in [0.717, 1.165) is 4.47 Å². The second-order valence-electron chi connectivity index (χ2n) is 3.28. The minimum absolute atomic E-state index is 0.167. The SMILES string of the molecule is Cc1sc(C(Br)CCOCC(F)F)cc1Br. The molecular formula is C10H12Br2F2OS. The molecule has 92 valence electrons. The van der Waals surface area contributed by atoms with Crippen LogP contribution >= 0.6 is 43.2 Å². The van der Waals surface area contributed by atoms with E-state index in [1.807, 2.05) is 13.0 Å². The molecule has 1 heterocycles. The van der Waals surface area contributed by atoms with Crippen LogP contribution in [0.1, 0.15) is 21.0 Å². The second kappa shape index (κ2) is 7.03. The normalized spacial score (nSPS) is 13.4. The highest BCUT2D eigenvalue weighted by Gasteiger charge is 2.12. The summed E-state index contributed by atoms with van der Waals surface area (Å²) in [6, 6.07) is 2.05. The van der Waals surface area contributed by atoms with Gasteiger partial charge < -0.3 is 4.74 Å². The van der Waals surface area contributed by atoms with E-state index in [0.29, 0.717) is 13.0 Å². The molecule has 0 N–H and O–H groups in total. The summed E-state index contributed by atoms with van der Waals surface area (Å²) in [5, 5.41) is 0. The molecule has 0 aliphatic heterocycles. The van der Waals surface area contributed by atoms with Crippen LogP contribution in [0, 0.1) is 6.92 Å². The van der Waals surface area contributed by atoms with E-state index in [1.165, 1.54) is 9.75 Å². The fourth-order valence-corrected chi connectivity index (χ4v) is 3.31. The van der Waals surface area contributed by atoms with Crippen molar-refractivity contribution >= 4 is 43.2 Å². The third kappa shape index (κ3) is 4.77. The number of rotatable bonds is 6. The fraction of sp³-hybridized carbons (Fsp3) is 0.600. The zero-order chi connectivity index (χ0) is 12.1. The third-order valence-corrected chi connectivity index (χ3v) is 5.45. The minimum atomic E-state index is -2.38. The molecule has 0 fully saturated rings. The predicted molar refractivity (Wildman–Crippen MR) is 69.9 cm³/mol. The Kier molecular flexibility index (Phi) is 6.39.